The van der Waals surface area contributed by atoms with E-state index in [4.69, 9.17) is 14.2 Å². The summed E-state index contributed by atoms with van der Waals surface area (Å²) < 4.78 is 16.8. The normalized spacial score (nSPS) is 20.9. The van der Waals surface area contributed by atoms with Crippen LogP contribution in [0, 0.1) is 0 Å². The Morgan fingerprint density at radius 2 is 1.76 bits per heavy atom. The van der Waals surface area contributed by atoms with Crippen LogP contribution in [-0.2, 0) is 16.7 Å². The summed E-state index contributed by atoms with van der Waals surface area (Å²) in [5, 5.41) is 3.25. The molecule has 0 aromatic heterocycles. The highest BCUT2D eigenvalue weighted by Gasteiger charge is 2.51. The first-order valence-corrected chi connectivity index (χ1v) is 11.5. The van der Waals surface area contributed by atoms with E-state index >= 15 is 0 Å². The summed E-state index contributed by atoms with van der Waals surface area (Å²) in [5.41, 5.74) is 1.61. The number of carbonyl (C=O) groups excluding carboxylic acids is 2. The predicted octanol–water partition coefficient (Wildman–Crippen LogP) is 4.17. The minimum Gasteiger partial charge on any atom is -0.497 e. The number of nitrogens with one attached hydrogen (secondary N) is 1. The van der Waals surface area contributed by atoms with Crippen molar-refractivity contribution >= 4 is 12.1 Å². The average Bonchev–Trinajstić information content (AvgIpc) is 2.88. The summed E-state index contributed by atoms with van der Waals surface area (Å²) in [7, 11) is 3.29. The number of hydrogen-bond donors (Lipinski definition) is 1. The van der Waals surface area contributed by atoms with Gasteiger partial charge in [0.25, 0.3) is 0 Å². The first kappa shape index (κ1) is 23.3. The van der Waals surface area contributed by atoms with Crippen molar-refractivity contribution in [3.8, 4) is 11.5 Å². The summed E-state index contributed by atoms with van der Waals surface area (Å²) >= 11 is 0. The second kappa shape index (κ2) is 7.85. The Hall–Kier alpha value is -2.90. The summed E-state index contributed by atoms with van der Waals surface area (Å²) in [5.74, 6) is 1.45. The van der Waals surface area contributed by atoms with Gasteiger partial charge in [0.1, 0.15) is 17.1 Å². The summed E-state index contributed by atoms with van der Waals surface area (Å²) in [6.45, 7) is 11.4. The molecule has 4 rings (SSSR count). The largest absolute Gasteiger partial charge is 0.497 e. The molecule has 0 saturated carbocycles. The number of hydrogen-bond acceptors (Lipinski definition) is 5. The van der Waals surface area contributed by atoms with E-state index in [1.807, 2.05) is 37.8 Å². The fourth-order valence-electron chi connectivity index (χ4n) is 5.22. The number of amides is 3. The Labute approximate surface area is 195 Å². The maximum Gasteiger partial charge on any atom is 0.410 e. The Morgan fingerprint density at radius 3 is 2.33 bits per heavy atom. The highest BCUT2D eigenvalue weighted by molar-refractivity contribution is 5.83. The molecule has 1 spiro atoms. The number of nitrogens with zero attached hydrogens (tertiary/aromatic N) is 2. The number of carbonyl (C=O) groups is 2. The topological polar surface area (TPSA) is 80.3 Å². The van der Waals surface area contributed by atoms with Gasteiger partial charge < -0.3 is 24.4 Å². The van der Waals surface area contributed by atoms with Crippen LogP contribution in [0.4, 0.5) is 9.59 Å². The Balaban J connectivity index is 1.67. The van der Waals surface area contributed by atoms with Crippen molar-refractivity contribution in [1.82, 2.24) is 15.1 Å². The number of methoxy groups -OCH3 is 2. The molecule has 2 fully saturated rings. The quantitative estimate of drug-likeness (QED) is 0.721. The van der Waals surface area contributed by atoms with Gasteiger partial charge in [0.05, 0.1) is 26.3 Å². The van der Waals surface area contributed by atoms with E-state index < -0.39 is 11.1 Å². The van der Waals surface area contributed by atoms with Crippen LogP contribution < -0.4 is 14.8 Å². The fourth-order valence-corrected chi connectivity index (χ4v) is 5.22. The van der Waals surface area contributed by atoms with Gasteiger partial charge in [-0.3, -0.25) is 4.90 Å². The van der Waals surface area contributed by atoms with Crippen LogP contribution in [-0.4, -0.2) is 60.4 Å². The minimum atomic E-state index is -0.537. The van der Waals surface area contributed by atoms with Gasteiger partial charge in [-0.05, 0) is 45.2 Å². The first-order chi connectivity index (χ1) is 15.4. The van der Waals surface area contributed by atoms with E-state index in [-0.39, 0.29) is 17.5 Å². The standard InChI is InChI=1S/C25H35N3O5/c1-23(2,3)33-22(30)27-10-8-25(9-11-27)19-14-24(4,5)20-16(15-28(19)21(29)26-25)12-17(31-6)13-18(20)32-7/h12-14H,8-11,15H2,1-7H3,(H,26,29). The number of benzene rings is 1. The molecule has 0 bridgehead atoms. The molecule has 0 radical (unpaired) electrons. The molecule has 0 atom stereocenters. The lowest BCUT2D eigenvalue weighted by atomic mass is 9.77. The van der Waals surface area contributed by atoms with Gasteiger partial charge in [0.15, 0.2) is 0 Å². The van der Waals surface area contributed by atoms with Crippen molar-refractivity contribution in [2.24, 2.45) is 0 Å². The Kier molecular flexibility index (Phi) is 5.53. The zero-order chi connectivity index (χ0) is 24.2. The lowest BCUT2D eigenvalue weighted by Gasteiger charge is -2.40. The molecule has 3 heterocycles. The van der Waals surface area contributed by atoms with Crippen LogP contribution in [0.3, 0.4) is 0 Å². The molecule has 180 valence electrons. The number of likely N-dealkylation sites (tertiary alicyclic amines) is 1. The second-order valence-electron chi connectivity index (χ2n) is 10.7. The van der Waals surface area contributed by atoms with Gasteiger partial charge in [-0.1, -0.05) is 19.9 Å². The molecule has 2 saturated heterocycles. The van der Waals surface area contributed by atoms with Crippen molar-refractivity contribution in [3.63, 3.8) is 0 Å². The zero-order valence-electron chi connectivity index (χ0n) is 20.7. The molecule has 1 aromatic carbocycles. The molecular formula is C25H35N3O5. The third-order valence-electron chi connectivity index (χ3n) is 6.72. The Morgan fingerprint density at radius 1 is 1.09 bits per heavy atom. The second-order valence-corrected chi connectivity index (χ2v) is 10.7. The molecule has 33 heavy (non-hydrogen) atoms. The van der Waals surface area contributed by atoms with Gasteiger partial charge in [0, 0.05) is 35.8 Å². The van der Waals surface area contributed by atoms with E-state index in [9.17, 15) is 9.59 Å². The predicted molar refractivity (Wildman–Crippen MR) is 125 cm³/mol. The molecule has 0 aliphatic carbocycles. The van der Waals surface area contributed by atoms with Crippen LogP contribution >= 0.6 is 0 Å². The molecular weight excluding hydrogens is 422 g/mol. The number of rotatable bonds is 2. The summed E-state index contributed by atoms with van der Waals surface area (Å²) in [6, 6.07) is 3.77. The van der Waals surface area contributed by atoms with Gasteiger partial charge in [-0.2, -0.15) is 0 Å². The number of ether oxygens (including phenoxy) is 3. The van der Waals surface area contributed by atoms with Gasteiger partial charge in [-0.15, -0.1) is 0 Å². The molecule has 3 aliphatic heterocycles. The van der Waals surface area contributed by atoms with Crippen molar-refractivity contribution in [2.45, 2.75) is 70.6 Å². The lowest BCUT2D eigenvalue weighted by molar-refractivity contribution is 0.0174. The molecule has 3 amide bonds. The van der Waals surface area contributed by atoms with Gasteiger partial charge >= 0.3 is 12.1 Å². The summed E-state index contributed by atoms with van der Waals surface area (Å²) in [4.78, 5) is 29.3. The van der Waals surface area contributed by atoms with Crippen LogP contribution in [0.15, 0.2) is 23.9 Å². The molecule has 1 aromatic rings. The smallest absolute Gasteiger partial charge is 0.410 e. The van der Waals surface area contributed by atoms with Crippen molar-refractivity contribution in [3.05, 3.63) is 35.0 Å². The van der Waals surface area contributed by atoms with Gasteiger partial charge in [0.2, 0.25) is 0 Å². The number of fused-ring (bicyclic) bond motifs is 3. The fraction of sp³-hybridized carbons (Fsp3) is 0.600. The molecule has 8 nitrogen and oxygen atoms in total. The third-order valence-corrected chi connectivity index (χ3v) is 6.72. The van der Waals surface area contributed by atoms with Crippen LogP contribution in [0.5, 0.6) is 11.5 Å². The van der Waals surface area contributed by atoms with E-state index in [2.05, 4.69) is 25.2 Å². The number of urea groups is 1. The molecule has 8 heteroatoms. The zero-order valence-corrected chi connectivity index (χ0v) is 20.7. The number of piperidine rings is 1. The van der Waals surface area contributed by atoms with Gasteiger partial charge in [-0.25, -0.2) is 9.59 Å². The molecule has 0 unspecified atom stereocenters. The van der Waals surface area contributed by atoms with E-state index in [0.29, 0.717) is 38.2 Å². The van der Waals surface area contributed by atoms with E-state index in [1.54, 1.807) is 19.1 Å². The highest BCUT2D eigenvalue weighted by Crippen LogP contribution is 2.47. The average molecular weight is 458 g/mol. The van der Waals surface area contributed by atoms with E-state index in [0.717, 1.165) is 22.6 Å². The molecule has 1 N–H and O–H groups in total. The van der Waals surface area contributed by atoms with E-state index in [1.165, 1.54) is 0 Å². The van der Waals surface area contributed by atoms with Crippen LogP contribution in [0.2, 0.25) is 0 Å². The van der Waals surface area contributed by atoms with Crippen LogP contribution in [0.1, 0.15) is 58.6 Å². The number of allylic oxidation sites excluding steroid dienone is 1. The van der Waals surface area contributed by atoms with Crippen molar-refractivity contribution in [2.75, 3.05) is 27.3 Å². The maximum atomic E-state index is 13.2. The molecule has 3 aliphatic rings. The minimum absolute atomic E-state index is 0.114. The highest BCUT2D eigenvalue weighted by atomic mass is 16.6. The maximum absolute atomic E-state index is 13.2. The SMILES string of the molecule is COc1cc2c(c(OC)c1)C(C)(C)C=C1N(C2)C(=O)NC12CCN(C(=O)OC(C)(C)C)CC2. The van der Waals surface area contributed by atoms with Crippen molar-refractivity contribution < 1.29 is 23.8 Å². The van der Waals surface area contributed by atoms with Crippen molar-refractivity contribution in [1.29, 1.82) is 0 Å². The third kappa shape index (κ3) is 4.11. The lowest BCUT2D eigenvalue weighted by Crippen LogP contribution is -2.53. The monoisotopic (exact) mass is 457 g/mol. The summed E-state index contributed by atoms with van der Waals surface area (Å²) in [6.07, 6.45) is 3.15. The first-order valence-electron chi connectivity index (χ1n) is 11.5. The van der Waals surface area contributed by atoms with Crippen LogP contribution in [0.25, 0.3) is 0 Å². The Bertz CT molecular complexity index is 1000.